The number of benzene rings is 3. The number of aryl methyl sites for hydroxylation is 1. The van der Waals surface area contributed by atoms with Gasteiger partial charge in [-0.1, -0.05) is 6.07 Å². The highest BCUT2D eigenvalue weighted by atomic mass is 19.1. The van der Waals surface area contributed by atoms with Crippen molar-refractivity contribution in [3.8, 4) is 17.2 Å². The van der Waals surface area contributed by atoms with Gasteiger partial charge in [0, 0.05) is 35.3 Å². The smallest absolute Gasteiger partial charge is 0.231 e. The van der Waals surface area contributed by atoms with Gasteiger partial charge in [0.2, 0.25) is 5.78 Å². The molecule has 0 spiro atoms. The minimum atomic E-state index is -0.680. The maximum absolute atomic E-state index is 13.9. The summed E-state index contributed by atoms with van der Waals surface area (Å²) in [5, 5.41) is 0.942. The van der Waals surface area contributed by atoms with Crippen molar-refractivity contribution in [1.82, 2.24) is 4.57 Å². The van der Waals surface area contributed by atoms with Crippen LogP contribution in [0.2, 0.25) is 0 Å². The molecule has 0 saturated heterocycles. The van der Waals surface area contributed by atoms with E-state index in [1.54, 1.807) is 31.4 Å². The number of carbonyl (C=O) groups is 1. The van der Waals surface area contributed by atoms with Crippen LogP contribution in [-0.4, -0.2) is 17.5 Å². The van der Waals surface area contributed by atoms with Crippen molar-refractivity contribution >= 4 is 22.8 Å². The molecule has 0 aliphatic carbocycles. The van der Waals surface area contributed by atoms with Crippen LogP contribution in [0.15, 0.2) is 66.6 Å². The Balaban J connectivity index is 1.42. The Morgan fingerprint density at radius 1 is 1.03 bits per heavy atom. The van der Waals surface area contributed by atoms with E-state index in [1.165, 1.54) is 18.2 Å². The topological polar surface area (TPSA) is 49.7 Å². The Morgan fingerprint density at radius 2 is 1.79 bits per heavy atom. The van der Waals surface area contributed by atoms with Crippen molar-refractivity contribution in [2.75, 3.05) is 7.11 Å². The van der Waals surface area contributed by atoms with Crippen LogP contribution >= 0.6 is 0 Å². The van der Waals surface area contributed by atoms with Gasteiger partial charge in [0.1, 0.15) is 35.5 Å². The molecule has 1 aromatic heterocycles. The molecule has 4 aromatic rings. The quantitative estimate of drug-likeness (QED) is 0.324. The Hall–Kier alpha value is -4.13. The van der Waals surface area contributed by atoms with Crippen LogP contribution in [0.25, 0.3) is 17.0 Å². The number of nitrogens with zero attached hydrogens (tertiary/aromatic N) is 1. The fraction of sp³-hybridized carbons (Fsp3) is 0.148. The van der Waals surface area contributed by atoms with Crippen molar-refractivity contribution in [3.05, 3.63) is 94.9 Å². The average Bonchev–Trinajstić information content (AvgIpc) is 3.35. The van der Waals surface area contributed by atoms with Gasteiger partial charge in [-0.2, -0.15) is 0 Å². The van der Waals surface area contributed by atoms with Gasteiger partial charge >= 0.3 is 0 Å². The number of methoxy groups -OCH3 is 1. The summed E-state index contributed by atoms with van der Waals surface area (Å²) in [5.74, 6) is -0.0352. The van der Waals surface area contributed by atoms with Gasteiger partial charge in [-0.05, 0) is 55.5 Å². The lowest BCUT2D eigenvalue weighted by Gasteiger charge is -2.09. The fourth-order valence-electron chi connectivity index (χ4n) is 4.03. The maximum Gasteiger partial charge on any atom is 0.231 e. The van der Waals surface area contributed by atoms with E-state index in [4.69, 9.17) is 14.2 Å². The minimum Gasteiger partial charge on any atom is -0.497 e. The SMILES string of the molecule is CCn1cc(/C=C2\Oc3cc(OCc4c(F)cccc4F)ccc3C2=O)c2cc(OC)ccc21. The Bertz CT molecular complexity index is 1430. The predicted molar refractivity (Wildman–Crippen MR) is 124 cm³/mol. The number of ether oxygens (including phenoxy) is 3. The molecule has 0 amide bonds. The zero-order valence-corrected chi connectivity index (χ0v) is 18.6. The molecule has 0 N–H and O–H groups in total. The molecule has 5 nitrogen and oxygen atoms in total. The van der Waals surface area contributed by atoms with E-state index < -0.39 is 11.6 Å². The molecule has 5 rings (SSSR count). The van der Waals surface area contributed by atoms with Crippen molar-refractivity contribution in [2.24, 2.45) is 0 Å². The zero-order chi connectivity index (χ0) is 23.8. The molecule has 3 aromatic carbocycles. The third-order valence-electron chi connectivity index (χ3n) is 5.83. The number of ketones is 1. The third-order valence-corrected chi connectivity index (χ3v) is 5.83. The highest BCUT2D eigenvalue weighted by Gasteiger charge is 2.28. The van der Waals surface area contributed by atoms with Gasteiger partial charge in [0.05, 0.1) is 18.2 Å². The van der Waals surface area contributed by atoms with E-state index in [2.05, 4.69) is 4.57 Å². The molecule has 7 heteroatoms. The Labute approximate surface area is 194 Å². The number of aromatic nitrogens is 1. The number of carbonyl (C=O) groups excluding carboxylic acids is 1. The molecule has 1 aliphatic heterocycles. The summed E-state index contributed by atoms with van der Waals surface area (Å²) in [4.78, 5) is 13.0. The van der Waals surface area contributed by atoms with Gasteiger partial charge < -0.3 is 18.8 Å². The molecule has 0 radical (unpaired) electrons. The van der Waals surface area contributed by atoms with Crippen molar-refractivity contribution in [3.63, 3.8) is 0 Å². The molecule has 0 saturated carbocycles. The van der Waals surface area contributed by atoms with Gasteiger partial charge in [-0.15, -0.1) is 0 Å². The maximum atomic E-state index is 13.9. The number of Topliss-reactive ketones (excluding diaryl/α,β-unsaturated/α-hetero) is 1. The Morgan fingerprint density at radius 3 is 2.53 bits per heavy atom. The fourth-order valence-corrected chi connectivity index (χ4v) is 4.03. The van der Waals surface area contributed by atoms with Crippen LogP contribution in [0, 0.1) is 11.6 Å². The summed E-state index contributed by atoms with van der Waals surface area (Å²) in [6, 6.07) is 14.2. The number of hydrogen-bond donors (Lipinski definition) is 0. The highest BCUT2D eigenvalue weighted by Crippen LogP contribution is 2.36. The first-order chi connectivity index (χ1) is 16.5. The summed E-state index contributed by atoms with van der Waals surface area (Å²) in [7, 11) is 1.61. The predicted octanol–water partition coefficient (Wildman–Crippen LogP) is 6.14. The average molecular weight is 461 g/mol. The van der Waals surface area contributed by atoms with Crippen molar-refractivity contribution in [2.45, 2.75) is 20.1 Å². The van der Waals surface area contributed by atoms with E-state index in [0.717, 1.165) is 28.8 Å². The van der Waals surface area contributed by atoms with Gasteiger partial charge in [0.15, 0.2) is 5.76 Å². The molecule has 34 heavy (non-hydrogen) atoms. The summed E-state index contributed by atoms with van der Waals surface area (Å²) >= 11 is 0. The first-order valence-corrected chi connectivity index (χ1v) is 10.8. The highest BCUT2D eigenvalue weighted by molar-refractivity contribution is 6.15. The lowest BCUT2D eigenvalue weighted by atomic mass is 10.1. The van der Waals surface area contributed by atoms with E-state index in [-0.39, 0.29) is 23.7 Å². The normalized spacial score (nSPS) is 13.9. The van der Waals surface area contributed by atoms with E-state index in [0.29, 0.717) is 17.1 Å². The molecule has 0 atom stereocenters. The van der Waals surface area contributed by atoms with Crippen LogP contribution in [0.5, 0.6) is 17.2 Å². The molecule has 2 heterocycles. The Kier molecular flexibility index (Phi) is 5.53. The lowest BCUT2D eigenvalue weighted by Crippen LogP contribution is -2.01. The van der Waals surface area contributed by atoms with Crippen LogP contribution in [0.4, 0.5) is 8.78 Å². The van der Waals surface area contributed by atoms with Crippen molar-refractivity contribution < 1.29 is 27.8 Å². The zero-order valence-electron chi connectivity index (χ0n) is 18.6. The summed E-state index contributed by atoms with van der Waals surface area (Å²) in [6.07, 6.45) is 3.68. The second-order valence-electron chi connectivity index (χ2n) is 7.84. The second kappa shape index (κ2) is 8.67. The number of halogens is 2. The number of rotatable bonds is 6. The largest absolute Gasteiger partial charge is 0.497 e. The van der Waals surface area contributed by atoms with Crippen LogP contribution in [-0.2, 0) is 13.2 Å². The summed E-state index contributed by atoms with van der Waals surface area (Å²) in [5.41, 5.74) is 2.09. The first kappa shape index (κ1) is 21.7. The molecular weight excluding hydrogens is 440 g/mol. The molecule has 0 fully saturated rings. The summed E-state index contributed by atoms with van der Waals surface area (Å²) < 4.78 is 46.6. The van der Waals surface area contributed by atoms with Crippen LogP contribution in [0.1, 0.15) is 28.4 Å². The standard InChI is InChI=1S/C27H21F2NO4/c1-3-30-14-16(20-12-17(32-2)8-10-24(20)30)11-26-27(31)19-9-7-18(13-25(19)34-26)33-15-21-22(28)5-4-6-23(21)29/h4-14H,3,15H2,1-2H3/b26-11-. The number of hydrogen-bond acceptors (Lipinski definition) is 4. The number of allylic oxidation sites excluding steroid dienone is 1. The van der Waals surface area contributed by atoms with Gasteiger partial charge in [-0.3, -0.25) is 4.79 Å². The monoisotopic (exact) mass is 461 g/mol. The van der Waals surface area contributed by atoms with E-state index in [9.17, 15) is 13.6 Å². The van der Waals surface area contributed by atoms with Crippen LogP contribution < -0.4 is 14.2 Å². The first-order valence-electron chi connectivity index (χ1n) is 10.8. The van der Waals surface area contributed by atoms with Crippen LogP contribution in [0.3, 0.4) is 0 Å². The molecular formula is C27H21F2NO4. The minimum absolute atomic E-state index is 0.164. The van der Waals surface area contributed by atoms with Gasteiger partial charge in [-0.25, -0.2) is 8.78 Å². The lowest BCUT2D eigenvalue weighted by molar-refractivity contribution is 0.101. The van der Waals surface area contributed by atoms with Gasteiger partial charge in [0.25, 0.3) is 0 Å². The summed E-state index contributed by atoms with van der Waals surface area (Å²) in [6.45, 7) is 2.53. The third kappa shape index (κ3) is 3.79. The molecule has 1 aliphatic rings. The van der Waals surface area contributed by atoms with E-state index >= 15 is 0 Å². The molecule has 172 valence electrons. The van der Waals surface area contributed by atoms with Crippen molar-refractivity contribution in [1.29, 1.82) is 0 Å². The number of fused-ring (bicyclic) bond motifs is 2. The second-order valence-corrected chi connectivity index (χ2v) is 7.84. The molecule has 0 unspecified atom stereocenters. The van der Waals surface area contributed by atoms with E-state index in [1.807, 2.05) is 31.3 Å². The molecule has 0 bridgehead atoms.